The molecule has 0 aliphatic heterocycles. The SMILES string of the molecule is OC(CC1CCCCCC1)c1cccc(C(F)(F)F)c1. The Bertz CT molecular complexity index is 420. The molecule has 2 rings (SSSR count). The van der Waals surface area contributed by atoms with Crippen LogP contribution in [0.2, 0.25) is 0 Å². The molecule has 0 amide bonds. The molecule has 4 heteroatoms. The van der Waals surface area contributed by atoms with Gasteiger partial charge in [0.2, 0.25) is 0 Å². The van der Waals surface area contributed by atoms with Crippen LogP contribution in [-0.4, -0.2) is 5.11 Å². The second-order valence-corrected chi connectivity index (χ2v) is 5.73. The fraction of sp³-hybridized carbons (Fsp3) is 0.625. The molecule has 112 valence electrons. The van der Waals surface area contributed by atoms with Crippen molar-refractivity contribution in [3.63, 3.8) is 0 Å². The lowest BCUT2D eigenvalue weighted by molar-refractivity contribution is -0.137. The highest BCUT2D eigenvalue weighted by Crippen LogP contribution is 2.34. The molecule has 1 aliphatic rings. The Morgan fingerprint density at radius 3 is 2.35 bits per heavy atom. The molecule has 0 saturated heterocycles. The molecule has 0 bridgehead atoms. The zero-order valence-electron chi connectivity index (χ0n) is 11.5. The Morgan fingerprint density at radius 1 is 1.10 bits per heavy atom. The van der Waals surface area contributed by atoms with E-state index >= 15 is 0 Å². The number of hydrogen-bond donors (Lipinski definition) is 1. The van der Waals surface area contributed by atoms with Crippen LogP contribution in [0.4, 0.5) is 13.2 Å². The molecule has 1 fully saturated rings. The van der Waals surface area contributed by atoms with Gasteiger partial charge in [0.05, 0.1) is 11.7 Å². The molecule has 1 aliphatic carbocycles. The summed E-state index contributed by atoms with van der Waals surface area (Å²) in [6.45, 7) is 0. The smallest absolute Gasteiger partial charge is 0.388 e. The first-order chi connectivity index (χ1) is 9.47. The van der Waals surface area contributed by atoms with Crippen LogP contribution in [0.5, 0.6) is 0 Å². The number of aliphatic hydroxyl groups is 1. The predicted molar refractivity (Wildman–Crippen MR) is 72.2 cm³/mol. The van der Waals surface area contributed by atoms with Gasteiger partial charge in [-0.3, -0.25) is 0 Å². The van der Waals surface area contributed by atoms with E-state index in [-0.39, 0.29) is 0 Å². The van der Waals surface area contributed by atoms with E-state index in [0.29, 0.717) is 17.9 Å². The third-order valence-corrected chi connectivity index (χ3v) is 4.13. The van der Waals surface area contributed by atoms with Crippen molar-refractivity contribution < 1.29 is 18.3 Å². The van der Waals surface area contributed by atoms with Crippen molar-refractivity contribution in [2.45, 2.75) is 57.2 Å². The summed E-state index contributed by atoms with van der Waals surface area (Å²) in [5, 5.41) is 10.2. The maximum atomic E-state index is 12.7. The summed E-state index contributed by atoms with van der Waals surface area (Å²) in [7, 11) is 0. The Labute approximate surface area is 117 Å². The minimum Gasteiger partial charge on any atom is -0.388 e. The van der Waals surface area contributed by atoms with Gasteiger partial charge in [-0.25, -0.2) is 0 Å². The van der Waals surface area contributed by atoms with Gasteiger partial charge in [0.25, 0.3) is 0 Å². The molecule has 1 saturated carbocycles. The van der Waals surface area contributed by atoms with Gasteiger partial charge in [-0.1, -0.05) is 50.7 Å². The summed E-state index contributed by atoms with van der Waals surface area (Å²) >= 11 is 0. The quantitative estimate of drug-likeness (QED) is 0.766. The van der Waals surface area contributed by atoms with Crippen molar-refractivity contribution in [1.82, 2.24) is 0 Å². The molecular formula is C16H21F3O. The topological polar surface area (TPSA) is 20.2 Å². The van der Waals surface area contributed by atoms with Crippen molar-refractivity contribution in [1.29, 1.82) is 0 Å². The molecule has 1 nitrogen and oxygen atoms in total. The van der Waals surface area contributed by atoms with Gasteiger partial charge < -0.3 is 5.11 Å². The summed E-state index contributed by atoms with van der Waals surface area (Å²) in [5.74, 6) is 0.432. The van der Waals surface area contributed by atoms with Gasteiger partial charge >= 0.3 is 6.18 Å². The van der Waals surface area contributed by atoms with Crippen LogP contribution in [0.15, 0.2) is 24.3 Å². The summed E-state index contributed by atoms with van der Waals surface area (Å²) in [4.78, 5) is 0. The van der Waals surface area contributed by atoms with E-state index in [1.54, 1.807) is 6.07 Å². The minimum absolute atomic E-state index is 0.379. The molecule has 1 atom stereocenters. The average molecular weight is 286 g/mol. The second kappa shape index (κ2) is 6.61. The van der Waals surface area contributed by atoms with Gasteiger partial charge in [0.1, 0.15) is 0 Å². The largest absolute Gasteiger partial charge is 0.416 e. The Morgan fingerprint density at radius 2 is 1.75 bits per heavy atom. The summed E-state index contributed by atoms with van der Waals surface area (Å²) in [6, 6.07) is 5.06. The summed E-state index contributed by atoms with van der Waals surface area (Å²) in [6.07, 6.45) is 2.39. The van der Waals surface area contributed by atoms with Crippen LogP contribution < -0.4 is 0 Å². The van der Waals surface area contributed by atoms with E-state index in [9.17, 15) is 18.3 Å². The van der Waals surface area contributed by atoms with Crippen LogP contribution in [0, 0.1) is 5.92 Å². The molecule has 1 aromatic carbocycles. The number of halogens is 3. The van der Waals surface area contributed by atoms with E-state index in [1.807, 2.05) is 0 Å². The lowest BCUT2D eigenvalue weighted by Crippen LogP contribution is -2.09. The van der Waals surface area contributed by atoms with Gasteiger partial charge in [-0.05, 0) is 30.0 Å². The highest BCUT2D eigenvalue weighted by Gasteiger charge is 2.31. The van der Waals surface area contributed by atoms with Crippen molar-refractivity contribution in [3.8, 4) is 0 Å². The van der Waals surface area contributed by atoms with E-state index < -0.39 is 17.8 Å². The lowest BCUT2D eigenvalue weighted by Gasteiger charge is -2.19. The van der Waals surface area contributed by atoms with Gasteiger partial charge in [-0.15, -0.1) is 0 Å². The molecule has 1 aromatic rings. The molecular weight excluding hydrogens is 265 g/mol. The van der Waals surface area contributed by atoms with E-state index in [0.717, 1.165) is 25.0 Å². The minimum atomic E-state index is -4.35. The lowest BCUT2D eigenvalue weighted by atomic mass is 9.90. The Kier molecular flexibility index (Phi) is 5.08. The van der Waals surface area contributed by atoms with Crippen molar-refractivity contribution in [3.05, 3.63) is 35.4 Å². The Balaban J connectivity index is 2.03. The maximum absolute atomic E-state index is 12.7. The van der Waals surface area contributed by atoms with Crippen LogP contribution in [-0.2, 0) is 6.18 Å². The van der Waals surface area contributed by atoms with Crippen molar-refractivity contribution in [2.24, 2.45) is 5.92 Å². The fourth-order valence-electron chi connectivity index (χ4n) is 2.97. The van der Waals surface area contributed by atoms with Gasteiger partial charge in [-0.2, -0.15) is 13.2 Å². The van der Waals surface area contributed by atoms with Crippen LogP contribution in [0.3, 0.4) is 0 Å². The molecule has 0 radical (unpaired) electrons. The molecule has 1 N–H and O–H groups in total. The molecule has 0 spiro atoms. The first-order valence-electron chi connectivity index (χ1n) is 7.32. The molecule has 0 heterocycles. The van der Waals surface area contributed by atoms with Gasteiger partial charge in [0.15, 0.2) is 0 Å². The average Bonchev–Trinajstić information content (AvgIpc) is 2.66. The summed E-state index contributed by atoms with van der Waals surface area (Å²) in [5.41, 5.74) is -0.306. The first kappa shape index (κ1) is 15.4. The monoisotopic (exact) mass is 286 g/mol. The molecule has 1 unspecified atom stereocenters. The number of aliphatic hydroxyl groups excluding tert-OH is 1. The molecule has 0 aromatic heterocycles. The number of alkyl halides is 3. The van der Waals surface area contributed by atoms with E-state index in [4.69, 9.17) is 0 Å². The van der Waals surface area contributed by atoms with Gasteiger partial charge in [0, 0.05) is 0 Å². The zero-order chi connectivity index (χ0) is 14.6. The maximum Gasteiger partial charge on any atom is 0.416 e. The van der Waals surface area contributed by atoms with Crippen LogP contribution in [0.1, 0.15) is 62.2 Å². The fourth-order valence-corrected chi connectivity index (χ4v) is 2.97. The zero-order valence-corrected chi connectivity index (χ0v) is 11.5. The highest BCUT2D eigenvalue weighted by atomic mass is 19.4. The predicted octanol–water partition coefficient (Wildman–Crippen LogP) is 5.10. The normalized spacial score (nSPS) is 19.6. The van der Waals surface area contributed by atoms with E-state index in [1.165, 1.54) is 31.7 Å². The van der Waals surface area contributed by atoms with Crippen molar-refractivity contribution in [2.75, 3.05) is 0 Å². The number of hydrogen-bond acceptors (Lipinski definition) is 1. The van der Waals surface area contributed by atoms with E-state index in [2.05, 4.69) is 0 Å². The van der Waals surface area contributed by atoms with Crippen molar-refractivity contribution >= 4 is 0 Å². The Hall–Kier alpha value is -1.03. The molecule has 20 heavy (non-hydrogen) atoms. The first-order valence-corrected chi connectivity index (χ1v) is 7.32. The second-order valence-electron chi connectivity index (χ2n) is 5.73. The van der Waals surface area contributed by atoms with Crippen LogP contribution in [0.25, 0.3) is 0 Å². The third kappa shape index (κ3) is 4.23. The van der Waals surface area contributed by atoms with Crippen LogP contribution >= 0.6 is 0 Å². The number of rotatable bonds is 3. The standard InChI is InChI=1S/C16H21F3O/c17-16(18,19)14-9-5-8-13(11-14)15(20)10-12-6-3-1-2-4-7-12/h5,8-9,11-12,15,20H,1-4,6-7,10H2. The highest BCUT2D eigenvalue weighted by molar-refractivity contribution is 5.27. The summed E-state index contributed by atoms with van der Waals surface area (Å²) < 4.78 is 38.0. The third-order valence-electron chi connectivity index (χ3n) is 4.13. The number of benzene rings is 1.